The molecular weight excluding hydrogens is 545 g/mol. The van der Waals surface area contributed by atoms with Gasteiger partial charge in [-0.1, -0.05) is 0 Å². The summed E-state index contributed by atoms with van der Waals surface area (Å²) < 4.78 is 85.0. The average Bonchev–Trinajstić information content (AvgIpc) is 3.17. The van der Waals surface area contributed by atoms with Crippen molar-refractivity contribution in [2.24, 2.45) is 11.8 Å². The first-order chi connectivity index (χ1) is 18.0. The summed E-state index contributed by atoms with van der Waals surface area (Å²) in [7, 11) is -1.24. The quantitative estimate of drug-likeness (QED) is 0.325. The topological polar surface area (TPSA) is 90.7 Å². The van der Waals surface area contributed by atoms with Crippen LogP contribution in [0.25, 0.3) is 0 Å². The fraction of sp³-hybridized carbons (Fsp3) is 0.654. The maximum Gasteiger partial charge on any atom is 0.417 e. The van der Waals surface area contributed by atoms with Crippen LogP contribution in [0.15, 0.2) is 18.2 Å². The number of carbonyl (C=O) groups excluding carboxylic acids is 2. The van der Waals surface area contributed by atoms with Crippen molar-refractivity contribution in [1.82, 2.24) is 4.90 Å². The van der Waals surface area contributed by atoms with Gasteiger partial charge in [-0.3, -0.25) is 18.7 Å². The number of amides is 2. The van der Waals surface area contributed by atoms with Crippen molar-refractivity contribution in [2.45, 2.75) is 63.3 Å². The van der Waals surface area contributed by atoms with Gasteiger partial charge in [0.05, 0.1) is 45.9 Å². The molecule has 0 N–H and O–H groups in total. The lowest BCUT2D eigenvalue weighted by Crippen LogP contribution is -2.58. The van der Waals surface area contributed by atoms with Crippen LogP contribution in [0, 0.1) is 23.2 Å². The van der Waals surface area contributed by atoms with Gasteiger partial charge in [0.2, 0.25) is 17.7 Å². The second kappa shape index (κ2) is 10.2. The summed E-state index contributed by atoms with van der Waals surface area (Å²) in [6, 6.07) is 4.26. The van der Waals surface area contributed by atoms with E-state index in [0.29, 0.717) is 24.8 Å². The molecule has 2 amide bonds. The predicted octanol–water partition coefficient (Wildman–Crippen LogP) is 4.12. The number of ether oxygens (including phenoxy) is 1. The molecule has 0 radical (unpaired) electrons. The molecule has 2 bridgehead atoms. The number of rotatable bonds is 9. The normalized spacial score (nSPS) is 30.0. The van der Waals surface area contributed by atoms with E-state index in [2.05, 4.69) is 0 Å². The molecule has 3 heterocycles. The van der Waals surface area contributed by atoms with Crippen LogP contribution in [0.5, 0.6) is 0 Å². The first kappa shape index (κ1) is 29.6. The molecule has 0 aromatic heterocycles. The summed E-state index contributed by atoms with van der Waals surface area (Å²) in [6.45, 7) is 5.32. The van der Waals surface area contributed by atoms with Gasteiger partial charge in [0, 0.05) is 41.8 Å². The summed E-state index contributed by atoms with van der Waals surface area (Å²) in [5, 5.41) is 9.07. The highest BCUT2D eigenvalue weighted by atomic mass is 32.2. The van der Waals surface area contributed by atoms with Crippen molar-refractivity contribution in [3.05, 3.63) is 29.3 Å². The molecule has 4 rings (SSSR count). The maximum atomic E-state index is 13.6. The number of anilines is 1. The molecule has 39 heavy (non-hydrogen) atoms. The zero-order chi connectivity index (χ0) is 29.0. The molecule has 0 spiro atoms. The molecule has 3 aliphatic heterocycles. The van der Waals surface area contributed by atoms with E-state index in [-0.39, 0.29) is 37.4 Å². The van der Waals surface area contributed by atoms with Crippen molar-refractivity contribution in [3.8, 4) is 6.07 Å². The van der Waals surface area contributed by atoms with Crippen molar-refractivity contribution in [1.29, 1.82) is 5.26 Å². The smallest absolute Gasteiger partial charge is 0.365 e. The van der Waals surface area contributed by atoms with E-state index in [1.165, 1.54) is 12.1 Å². The predicted molar refractivity (Wildman–Crippen MR) is 132 cm³/mol. The van der Waals surface area contributed by atoms with Crippen molar-refractivity contribution >= 4 is 28.3 Å². The Morgan fingerprint density at radius 1 is 1.05 bits per heavy atom. The summed E-state index contributed by atoms with van der Waals surface area (Å²) >= 11 is 0. The Morgan fingerprint density at radius 3 is 2.13 bits per heavy atom. The summed E-state index contributed by atoms with van der Waals surface area (Å²) in [4.78, 5) is 29.9. The van der Waals surface area contributed by atoms with Gasteiger partial charge in [-0.15, -0.1) is 0 Å². The number of fused-ring (bicyclic) bond motifs is 5. The van der Waals surface area contributed by atoms with Gasteiger partial charge in [0.1, 0.15) is 0 Å². The number of benzene rings is 1. The van der Waals surface area contributed by atoms with Gasteiger partial charge in [-0.25, -0.2) is 13.7 Å². The Morgan fingerprint density at radius 2 is 1.62 bits per heavy atom. The number of carbonyl (C=O) groups is 2. The van der Waals surface area contributed by atoms with Gasteiger partial charge in [0.25, 0.3) is 0 Å². The first-order valence-corrected chi connectivity index (χ1v) is 14.1. The number of morpholine rings is 1. The SMILES string of the molecule is CC(F)(F)CCCS(=O)CCCN1C[C@@]2(C)O[C@@](C)(C1)C1C(=O)N(c3ccc(C#N)c(C(F)(F)F)c3)C(=O)C12. The number of alkyl halides is 5. The number of halogens is 5. The lowest BCUT2D eigenvalue weighted by molar-refractivity contribution is -0.169. The molecule has 3 saturated heterocycles. The van der Waals surface area contributed by atoms with E-state index in [9.17, 15) is 35.8 Å². The van der Waals surface area contributed by atoms with Crippen LogP contribution < -0.4 is 4.90 Å². The van der Waals surface area contributed by atoms with Crippen LogP contribution in [0.1, 0.15) is 51.2 Å². The molecule has 7 nitrogen and oxygen atoms in total. The van der Waals surface area contributed by atoms with Crippen LogP contribution in [-0.2, 0) is 31.3 Å². The third-order valence-corrected chi connectivity index (χ3v) is 9.17. The average molecular weight is 576 g/mol. The molecule has 1 aromatic rings. The summed E-state index contributed by atoms with van der Waals surface area (Å²) in [5.41, 5.74) is -4.23. The van der Waals surface area contributed by atoms with Crippen LogP contribution in [-0.4, -0.2) is 69.2 Å². The molecule has 5 atom stereocenters. The minimum Gasteiger partial charge on any atom is -0.365 e. The highest BCUT2D eigenvalue weighted by Gasteiger charge is 2.71. The van der Waals surface area contributed by atoms with E-state index in [1.807, 2.05) is 4.90 Å². The van der Waals surface area contributed by atoms with Gasteiger partial charge in [-0.05, 0) is 58.4 Å². The molecule has 0 saturated carbocycles. The Bertz CT molecular complexity index is 1190. The summed E-state index contributed by atoms with van der Waals surface area (Å²) in [6.07, 6.45) is -4.47. The largest absolute Gasteiger partial charge is 0.417 e. The van der Waals surface area contributed by atoms with E-state index in [0.717, 1.165) is 17.9 Å². The number of nitriles is 1. The monoisotopic (exact) mass is 575 g/mol. The number of imide groups is 1. The van der Waals surface area contributed by atoms with Gasteiger partial charge < -0.3 is 4.74 Å². The van der Waals surface area contributed by atoms with Crippen molar-refractivity contribution in [2.75, 3.05) is 36.0 Å². The highest BCUT2D eigenvalue weighted by Crippen LogP contribution is 2.55. The molecule has 3 fully saturated rings. The lowest BCUT2D eigenvalue weighted by Gasteiger charge is -2.45. The second-order valence-corrected chi connectivity index (χ2v) is 12.8. The molecule has 3 unspecified atom stereocenters. The number of nitrogens with zero attached hydrogens (tertiary/aromatic N) is 3. The fourth-order valence-electron chi connectivity index (χ4n) is 6.27. The van der Waals surface area contributed by atoms with Gasteiger partial charge >= 0.3 is 6.18 Å². The van der Waals surface area contributed by atoms with Crippen LogP contribution in [0.2, 0.25) is 0 Å². The third-order valence-electron chi connectivity index (χ3n) is 7.68. The Balaban J connectivity index is 1.46. The highest BCUT2D eigenvalue weighted by molar-refractivity contribution is 7.84. The zero-order valence-electron chi connectivity index (χ0n) is 21.8. The molecular formula is C26H30F5N3O4S. The first-order valence-electron chi connectivity index (χ1n) is 12.6. The lowest BCUT2D eigenvalue weighted by atomic mass is 9.79. The van der Waals surface area contributed by atoms with Crippen LogP contribution in [0.3, 0.4) is 0 Å². The third kappa shape index (κ3) is 5.74. The van der Waals surface area contributed by atoms with Gasteiger partial charge in [0.15, 0.2) is 0 Å². The van der Waals surface area contributed by atoms with E-state index in [1.54, 1.807) is 13.8 Å². The molecule has 214 valence electrons. The maximum absolute atomic E-state index is 13.6. The molecule has 13 heteroatoms. The van der Waals surface area contributed by atoms with E-state index >= 15 is 0 Å². The summed E-state index contributed by atoms with van der Waals surface area (Å²) in [5.74, 6) is -5.38. The minimum absolute atomic E-state index is 0.164. The van der Waals surface area contributed by atoms with Crippen LogP contribution >= 0.6 is 0 Å². The number of hydrogen-bond acceptors (Lipinski definition) is 6. The van der Waals surface area contributed by atoms with Crippen molar-refractivity contribution < 1.29 is 40.5 Å². The Kier molecular flexibility index (Phi) is 7.73. The minimum atomic E-state index is -4.84. The Labute approximate surface area is 225 Å². The van der Waals surface area contributed by atoms with Crippen molar-refractivity contribution in [3.63, 3.8) is 0 Å². The number of likely N-dealkylation sites (tertiary alicyclic amines) is 1. The fourth-order valence-corrected chi connectivity index (χ4v) is 7.40. The van der Waals surface area contributed by atoms with Crippen LogP contribution in [0.4, 0.5) is 27.6 Å². The van der Waals surface area contributed by atoms with Gasteiger partial charge in [-0.2, -0.15) is 18.4 Å². The van der Waals surface area contributed by atoms with E-state index in [4.69, 9.17) is 10.00 Å². The number of hydrogen-bond donors (Lipinski definition) is 0. The van der Waals surface area contributed by atoms with E-state index < -0.39 is 68.9 Å². The Hall–Kier alpha value is -2.43. The zero-order valence-corrected chi connectivity index (χ0v) is 22.6. The molecule has 0 aliphatic carbocycles. The standard InChI is InChI=1S/C26H30F5N3O4S/c1-23-14-33(9-5-11-39(37)10-4-8-25(3,27)28)15-24(2,38-23)20-19(23)21(35)34(22(20)36)17-7-6-16(13-32)18(12-17)26(29,30)31/h6-7,12,19-20H,4-5,8-11,14-15H2,1-3H3/t19?,20?,23-,24+,39?. The second-order valence-electron chi connectivity index (χ2n) is 11.1. The molecule has 3 aliphatic rings. The molecule has 1 aromatic carbocycles.